The van der Waals surface area contributed by atoms with Gasteiger partial charge in [0.05, 0.1) is 0 Å². The molecule has 4 heteroatoms. The maximum absolute atomic E-state index is 10.3. The summed E-state index contributed by atoms with van der Waals surface area (Å²) in [5.74, 6) is -0.553. The van der Waals surface area contributed by atoms with Crippen molar-refractivity contribution in [3.8, 4) is 0 Å². The van der Waals surface area contributed by atoms with Crippen LogP contribution in [-0.2, 0) is 4.79 Å². The predicted molar refractivity (Wildman–Crippen MR) is 38.1 cm³/mol. The van der Waals surface area contributed by atoms with Crippen molar-refractivity contribution < 1.29 is 10.0 Å². The molecule has 0 fully saturated rings. The molecule has 0 aromatic heterocycles. The number of allylic oxidation sites excluding steroid dienone is 1. The lowest BCUT2D eigenvalue weighted by Crippen LogP contribution is -2.15. The molecule has 0 aliphatic rings. The van der Waals surface area contributed by atoms with Crippen LogP contribution in [0.1, 0.15) is 6.92 Å². The van der Waals surface area contributed by atoms with Gasteiger partial charge >= 0.3 is 0 Å². The molecule has 0 saturated heterocycles. The third-order valence-corrected chi connectivity index (χ3v) is 0.939. The van der Waals surface area contributed by atoms with E-state index >= 15 is 0 Å². The number of carbonyl (C=O) groups is 1. The minimum atomic E-state index is -0.553. The monoisotopic (exact) mass is 142 g/mol. The van der Waals surface area contributed by atoms with Gasteiger partial charge in [0.15, 0.2) is 0 Å². The summed E-state index contributed by atoms with van der Waals surface area (Å²) in [6.07, 6.45) is 2.70. The molecule has 56 valence electrons. The van der Waals surface area contributed by atoms with E-state index < -0.39 is 5.91 Å². The second-order valence-electron chi connectivity index (χ2n) is 1.67. The van der Waals surface area contributed by atoms with E-state index in [1.807, 2.05) is 0 Å². The summed E-state index contributed by atoms with van der Waals surface area (Å²) < 4.78 is 0. The van der Waals surface area contributed by atoms with Crippen molar-refractivity contribution in [3.05, 3.63) is 12.2 Å². The van der Waals surface area contributed by atoms with E-state index in [9.17, 15) is 4.79 Å². The van der Waals surface area contributed by atoms with Crippen molar-refractivity contribution in [2.24, 2.45) is 4.99 Å². The second kappa shape index (κ2) is 4.69. The number of nitrogens with zero attached hydrogens (tertiary/aromatic N) is 1. The molecule has 0 aromatic rings. The van der Waals surface area contributed by atoms with E-state index in [1.165, 1.54) is 17.6 Å². The molecule has 0 aliphatic heterocycles. The van der Waals surface area contributed by atoms with E-state index in [0.29, 0.717) is 0 Å². The van der Waals surface area contributed by atoms with E-state index in [4.69, 9.17) is 5.21 Å². The van der Waals surface area contributed by atoms with Crippen LogP contribution in [0, 0.1) is 0 Å². The third kappa shape index (κ3) is 3.80. The number of rotatable bonds is 2. The molecule has 0 atom stereocenters. The Labute approximate surface area is 59.2 Å². The van der Waals surface area contributed by atoms with E-state index in [0.717, 1.165) is 5.71 Å². The highest BCUT2D eigenvalue weighted by atomic mass is 16.5. The number of hydrogen-bond acceptors (Lipinski definition) is 3. The number of hydrogen-bond donors (Lipinski definition) is 2. The molecule has 4 nitrogen and oxygen atoms in total. The Balaban J connectivity index is 3.88. The molecular weight excluding hydrogens is 132 g/mol. The first-order valence-electron chi connectivity index (χ1n) is 2.76. The molecular formula is C6H10N2O2. The SMILES string of the molecule is CN=C(C)/C=C/C(=O)NO. The van der Waals surface area contributed by atoms with Crippen LogP contribution in [0.4, 0.5) is 0 Å². The van der Waals surface area contributed by atoms with Crippen LogP contribution >= 0.6 is 0 Å². The highest BCUT2D eigenvalue weighted by molar-refractivity contribution is 5.99. The largest absolute Gasteiger partial charge is 0.293 e. The van der Waals surface area contributed by atoms with Crippen molar-refractivity contribution in [2.75, 3.05) is 7.05 Å². The lowest BCUT2D eigenvalue weighted by Gasteiger charge is -1.87. The average molecular weight is 142 g/mol. The number of amides is 1. The first kappa shape index (κ1) is 8.84. The highest BCUT2D eigenvalue weighted by Gasteiger charge is 1.88. The Morgan fingerprint density at radius 2 is 2.20 bits per heavy atom. The minimum Gasteiger partial charge on any atom is -0.293 e. The highest BCUT2D eigenvalue weighted by Crippen LogP contribution is 1.78. The maximum atomic E-state index is 10.3. The molecule has 2 N–H and O–H groups in total. The molecule has 0 aliphatic carbocycles. The molecule has 0 aromatic carbocycles. The fourth-order valence-electron chi connectivity index (χ4n) is 0.308. The van der Waals surface area contributed by atoms with Gasteiger partial charge < -0.3 is 0 Å². The summed E-state index contributed by atoms with van der Waals surface area (Å²) in [7, 11) is 1.62. The fraction of sp³-hybridized carbons (Fsp3) is 0.333. The molecule has 0 bridgehead atoms. The normalized spacial score (nSPS) is 12.1. The summed E-state index contributed by atoms with van der Waals surface area (Å²) in [6.45, 7) is 1.75. The average Bonchev–Trinajstić information content (AvgIpc) is 1.99. The maximum Gasteiger partial charge on any atom is 0.267 e. The zero-order valence-electron chi connectivity index (χ0n) is 5.96. The van der Waals surface area contributed by atoms with Gasteiger partial charge in [0.1, 0.15) is 0 Å². The molecule has 0 spiro atoms. The number of aliphatic imine (C=N–C) groups is 1. The lowest BCUT2D eigenvalue weighted by atomic mass is 10.3. The Morgan fingerprint density at radius 3 is 2.60 bits per heavy atom. The molecule has 10 heavy (non-hydrogen) atoms. The van der Waals surface area contributed by atoms with E-state index in [-0.39, 0.29) is 0 Å². The van der Waals surface area contributed by atoms with Crippen LogP contribution in [0.25, 0.3) is 0 Å². The molecule has 0 saturated carbocycles. The second-order valence-corrected chi connectivity index (χ2v) is 1.67. The van der Waals surface area contributed by atoms with Crippen molar-refractivity contribution >= 4 is 11.6 Å². The Kier molecular flexibility index (Phi) is 4.15. The van der Waals surface area contributed by atoms with Crippen molar-refractivity contribution in [3.63, 3.8) is 0 Å². The quantitative estimate of drug-likeness (QED) is 0.249. The number of hydroxylamine groups is 1. The van der Waals surface area contributed by atoms with Gasteiger partial charge in [0.2, 0.25) is 0 Å². The van der Waals surface area contributed by atoms with Crippen LogP contribution in [0.5, 0.6) is 0 Å². The summed E-state index contributed by atoms with van der Waals surface area (Å²) in [5, 5.41) is 8.03. The van der Waals surface area contributed by atoms with Gasteiger partial charge in [-0.25, -0.2) is 5.48 Å². The Bertz CT molecular complexity index is 173. The zero-order valence-corrected chi connectivity index (χ0v) is 5.96. The standard InChI is InChI=1S/C6H10N2O2/c1-5(7-2)3-4-6(9)8-10/h3-4,10H,1-2H3,(H,8,9)/b4-3+,7-5?. The van der Waals surface area contributed by atoms with E-state index in [1.54, 1.807) is 14.0 Å². The van der Waals surface area contributed by atoms with E-state index in [2.05, 4.69) is 4.99 Å². The first-order valence-corrected chi connectivity index (χ1v) is 2.76. The smallest absolute Gasteiger partial charge is 0.267 e. The molecule has 0 heterocycles. The van der Waals surface area contributed by atoms with Crippen LogP contribution in [-0.4, -0.2) is 23.9 Å². The first-order chi connectivity index (χ1) is 4.70. The van der Waals surface area contributed by atoms with Gasteiger partial charge in [-0.15, -0.1) is 0 Å². The van der Waals surface area contributed by atoms with Crippen LogP contribution < -0.4 is 5.48 Å². The number of nitrogens with one attached hydrogen (secondary N) is 1. The molecule has 0 unspecified atom stereocenters. The third-order valence-electron chi connectivity index (χ3n) is 0.939. The van der Waals surface area contributed by atoms with Crippen LogP contribution in [0.15, 0.2) is 17.1 Å². The van der Waals surface area contributed by atoms with Gasteiger partial charge in [-0.05, 0) is 13.0 Å². The topological polar surface area (TPSA) is 61.7 Å². The molecule has 1 amide bonds. The summed E-state index contributed by atoms with van der Waals surface area (Å²) in [6, 6.07) is 0. The zero-order chi connectivity index (χ0) is 7.98. The minimum absolute atomic E-state index is 0.553. The summed E-state index contributed by atoms with van der Waals surface area (Å²) >= 11 is 0. The number of carbonyl (C=O) groups excluding carboxylic acids is 1. The van der Waals surface area contributed by atoms with Gasteiger partial charge in [0, 0.05) is 18.8 Å². The van der Waals surface area contributed by atoms with Gasteiger partial charge in [-0.2, -0.15) is 0 Å². The van der Waals surface area contributed by atoms with Crippen molar-refractivity contribution in [2.45, 2.75) is 6.92 Å². The lowest BCUT2D eigenvalue weighted by molar-refractivity contribution is -0.124. The predicted octanol–water partition coefficient (Wildman–Crippen LogP) is 0.139. The molecule has 0 radical (unpaired) electrons. The van der Waals surface area contributed by atoms with Crippen LogP contribution in [0.3, 0.4) is 0 Å². The van der Waals surface area contributed by atoms with Gasteiger partial charge in [-0.3, -0.25) is 15.0 Å². The van der Waals surface area contributed by atoms with Crippen LogP contribution in [0.2, 0.25) is 0 Å². The van der Waals surface area contributed by atoms with Gasteiger partial charge in [-0.1, -0.05) is 0 Å². The Hall–Kier alpha value is -1.16. The van der Waals surface area contributed by atoms with Crippen molar-refractivity contribution in [1.29, 1.82) is 0 Å². The fourth-order valence-corrected chi connectivity index (χ4v) is 0.308. The summed E-state index contributed by atoms with van der Waals surface area (Å²) in [4.78, 5) is 14.1. The van der Waals surface area contributed by atoms with Gasteiger partial charge in [0.25, 0.3) is 5.91 Å². The summed E-state index contributed by atoms with van der Waals surface area (Å²) in [5.41, 5.74) is 2.19. The Morgan fingerprint density at radius 1 is 1.60 bits per heavy atom. The molecule has 0 rings (SSSR count). The van der Waals surface area contributed by atoms with Crippen molar-refractivity contribution in [1.82, 2.24) is 5.48 Å².